The SMILES string of the molecule is C=CC(=N)Cl. The van der Waals surface area contributed by atoms with Crippen molar-refractivity contribution in [1.29, 1.82) is 5.41 Å². The number of halogens is 1. The number of hydrogen-bond donors (Lipinski definition) is 1. The average molecular weight is 89.5 g/mol. The van der Waals surface area contributed by atoms with Gasteiger partial charge in [0.15, 0.2) is 0 Å². The maximum Gasteiger partial charge on any atom is 0.120 e. The zero-order chi connectivity index (χ0) is 4.28. The molecule has 28 valence electrons. The van der Waals surface area contributed by atoms with E-state index in [-0.39, 0.29) is 5.17 Å². The van der Waals surface area contributed by atoms with Crippen molar-refractivity contribution in [3.8, 4) is 0 Å². The van der Waals surface area contributed by atoms with Crippen LogP contribution in [0.2, 0.25) is 0 Å². The second-order valence-electron chi connectivity index (χ2n) is 0.552. The fraction of sp³-hybridized carbons (Fsp3) is 0. The van der Waals surface area contributed by atoms with Crippen LogP contribution in [0.1, 0.15) is 0 Å². The van der Waals surface area contributed by atoms with E-state index in [1.54, 1.807) is 0 Å². The van der Waals surface area contributed by atoms with E-state index < -0.39 is 0 Å². The quantitative estimate of drug-likeness (QED) is 0.470. The van der Waals surface area contributed by atoms with Gasteiger partial charge in [0, 0.05) is 0 Å². The summed E-state index contributed by atoms with van der Waals surface area (Å²) in [6.07, 6.45) is 1.27. The van der Waals surface area contributed by atoms with Crippen molar-refractivity contribution < 1.29 is 0 Å². The summed E-state index contributed by atoms with van der Waals surface area (Å²) in [6.45, 7) is 3.20. The Bertz CT molecular complexity index is 57.9. The van der Waals surface area contributed by atoms with E-state index in [0.717, 1.165) is 0 Å². The van der Waals surface area contributed by atoms with Gasteiger partial charge in [-0.2, -0.15) is 0 Å². The number of hydrogen-bond acceptors (Lipinski definition) is 1. The van der Waals surface area contributed by atoms with Crippen LogP contribution in [-0.4, -0.2) is 5.17 Å². The molecule has 0 bridgehead atoms. The molecule has 0 aliphatic rings. The van der Waals surface area contributed by atoms with Gasteiger partial charge in [-0.15, -0.1) is 0 Å². The van der Waals surface area contributed by atoms with E-state index in [1.807, 2.05) is 0 Å². The van der Waals surface area contributed by atoms with Crippen molar-refractivity contribution >= 4 is 16.8 Å². The third kappa shape index (κ3) is 3.70. The highest BCUT2D eigenvalue weighted by atomic mass is 35.5. The summed E-state index contributed by atoms with van der Waals surface area (Å²) in [5, 5.41) is 6.38. The largest absolute Gasteiger partial charge is 0.289 e. The molecule has 0 heterocycles. The topological polar surface area (TPSA) is 23.9 Å². The Hall–Kier alpha value is -0.300. The van der Waals surface area contributed by atoms with Gasteiger partial charge in [-0.05, 0) is 6.08 Å². The van der Waals surface area contributed by atoms with Crippen LogP contribution in [0.25, 0.3) is 0 Å². The molecule has 0 aliphatic heterocycles. The second kappa shape index (κ2) is 1.97. The minimum absolute atomic E-state index is 0.00926. The molecule has 2 heteroatoms. The van der Waals surface area contributed by atoms with E-state index >= 15 is 0 Å². The number of allylic oxidation sites excluding steroid dienone is 1. The minimum atomic E-state index is -0.00926. The molecule has 0 rings (SSSR count). The fourth-order valence-corrected chi connectivity index (χ4v) is 0. The molecular formula is C3H4ClN. The summed E-state index contributed by atoms with van der Waals surface area (Å²) in [5.74, 6) is 0. The monoisotopic (exact) mass is 89.0 g/mol. The van der Waals surface area contributed by atoms with E-state index in [2.05, 4.69) is 6.58 Å². The van der Waals surface area contributed by atoms with Gasteiger partial charge in [-0.1, -0.05) is 18.2 Å². The van der Waals surface area contributed by atoms with Crippen LogP contribution in [0.15, 0.2) is 12.7 Å². The molecule has 0 aromatic heterocycles. The molecule has 0 saturated carbocycles. The fourth-order valence-electron chi connectivity index (χ4n) is 0. The lowest BCUT2D eigenvalue weighted by atomic mass is 10.7. The summed E-state index contributed by atoms with van der Waals surface area (Å²) in [6, 6.07) is 0. The molecular weight excluding hydrogens is 85.5 g/mol. The van der Waals surface area contributed by atoms with Crippen molar-refractivity contribution in [2.45, 2.75) is 0 Å². The summed E-state index contributed by atoms with van der Waals surface area (Å²) in [4.78, 5) is 0. The summed E-state index contributed by atoms with van der Waals surface area (Å²) >= 11 is 4.93. The Balaban J connectivity index is 3.20. The third-order valence-electron chi connectivity index (χ3n) is 0.179. The number of rotatable bonds is 1. The van der Waals surface area contributed by atoms with Gasteiger partial charge in [0.1, 0.15) is 5.17 Å². The first-order valence-electron chi connectivity index (χ1n) is 1.14. The molecule has 0 amide bonds. The van der Waals surface area contributed by atoms with Gasteiger partial charge in [-0.3, -0.25) is 5.41 Å². The molecule has 0 saturated heterocycles. The van der Waals surface area contributed by atoms with Crippen LogP contribution in [0.4, 0.5) is 0 Å². The highest BCUT2D eigenvalue weighted by Gasteiger charge is 1.66. The molecule has 0 aromatic carbocycles. The van der Waals surface area contributed by atoms with E-state index in [1.165, 1.54) is 6.08 Å². The highest BCUT2D eigenvalue weighted by molar-refractivity contribution is 6.67. The normalized spacial score (nSPS) is 6.60. The molecule has 0 aromatic rings. The smallest absolute Gasteiger partial charge is 0.120 e. The van der Waals surface area contributed by atoms with Gasteiger partial charge < -0.3 is 0 Å². The van der Waals surface area contributed by atoms with Crippen molar-refractivity contribution in [3.63, 3.8) is 0 Å². The molecule has 0 spiro atoms. The van der Waals surface area contributed by atoms with Crippen LogP contribution in [-0.2, 0) is 0 Å². The van der Waals surface area contributed by atoms with Crippen molar-refractivity contribution in [2.75, 3.05) is 0 Å². The molecule has 0 radical (unpaired) electrons. The molecule has 1 nitrogen and oxygen atoms in total. The van der Waals surface area contributed by atoms with Crippen LogP contribution in [0.5, 0.6) is 0 Å². The molecule has 5 heavy (non-hydrogen) atoms. The molecule has 0 fully saturated rings. The predicted molar refractivity (Wildman–Crippen MR) is 23.8 cm³/mol. The number of nitrogens with one attached hydrogen (secondary N) is 1. The van der Waals surface area contributed by atoms with Crippen molar-refractivity contribution in [3.05, 3.63) is 12.7 Å². The first kappa shape index (κ1) is 4.70. The zero-order valence-corrected chi connectivity index (χ0v) is 3.42. The van der Waals surface area contributed by atoms with Crippen LogP contribution < -0.4 is 0 Å². The Morgan fingerprint density at radius 2 is 2.20 bits per heavy atom. The maximum atomic E-state index is 6.39. The summed E-state index contributed by atoms with van der Waals surface area (Å²) in [5.41, 5.74) is 0. The first-order valence-corrected chi connectivity index (χ1v) is 1.51. The van der Waals surface area contributed by atoms with Gasteiger partial charge in [0.25, 0.3) is 0 Å². The van der Waals surface area contributed by atoms with Crippen LogP contribution in [0, 0.1) is 5.41 Å². The zero-order valence-electron chi connectivity index (χ0n) is 2.66. The Kier molecular flexibility index (Phi) is 1.85. The highest BCUT2D eigenvalue weighted by Crippen LogP contribution is 1.75. The Morgan fingerprint density at radius 1 is 2.00 bits per heavy atom. The van der Waals surface area contributed by atoms with E-state index in [0.29, 0.717) is 0 Å². The summed E-state index contributed by atoms with van der Waals surface area (Å²) in [7, 11) is 0. The van der Waals surface area contributed by atoms with Gasteiger partial charge in [-0.25, -0.2) is 0 Å². The van der Waals surface area contributed by atoms with Gasteiger partial charge in [0.05, 0.1) is 0 Å². The summed E-state index contributed by atoms with van der Waals surface area (Å²) < 4.78 is 0. The molecule has 1 N–H and O–H groups in total. The van der Waals surface area contributed by atoms with Crippen LogP contribution in [0.3, 0.4) is 0 Å². The van der Waals surface area contributed by atoms with E-state index in [9.17, 15) is 0 Å². The van der Waals surface area contributed by atoms with Gasteiger partial charge in [0.2, 0.25) is 0 Å². The lowest BCUT2D eigenvalue weighted by Gasteiger charge is -1.65. The van der Waals surface area contributed by atoms with E-state index in [4.69, 9.17) is 17.0 Å². The molecule has 0 unspecified atom stereocenters. The second-order valence-corrected chi connectivity index (χ2v) is 0.959. The van der Waals surface area contributed by atoms with Gasteiger partial charge >= 0.3 is 0 Å². The third-order valence-corrected chi connectivity index (χ3v) is 0.334. The predicted octanol–water partition coefficient (Wildman–Crippen LogP) is 1.39. The van der Waals surface area contributed by atoms with Crippen molar-refractivity contribution in [1.82, 2.24) is 0 Å². The minimum Gasteiger partial charge on any atom is -0.289 e. The standard InChI is InChI=1S/C3H4ClN/c1-2-3(4)5/h2,5H,1H2. The lowest BCUT2D eigenvalue weighted by molar-refractivity contribution is 1.57. The lowest BCUT2D eigenvalue weighted by Crippen LogP contribution is -1.65. The Morgan fingerprint density at radius 3 is 2.20 bits per heavy atom. The Labute approximate surface area is 35.8 Å². The molecule has 0 atom stereocenters. The first-order chi connectivity index (χ1) is 2.27. The molecule has 0 aliphatic carbocycles. The average Bonchev–Trinajstić information content (AvgIpc) is 1.38. The van der Waals surface area contributed by atoms with Crippen molar-refractivity contribution in [2.24, 2.45) is 0 Å². The van der Waals surface area contributed by atoms with Crippen LogP contribution >= 0.6 is 11.6 Å². The maximum absolute atomic E-state index is 6.39.